The van der Waals surface area contributed by atoms with Crippen molar-refractivity contribution < 1.29 is 0 Å². The Bertz CT molecular complexity index is 1110. The Labute approximate surface area is 170 Å². The quantitative estimate of drug-likeness (QED) is 0.377. The highest BCUT2D eigenvalue weighted by Gasteiger charge is 2.07. The zero-order valence-electron chi connectivity index (χ0n) is 16.3. The zero-order chi connectivity index (χ0) is 20.1. The first-order chi connectivity index (χ1) is 14.3. The molecule has 0 aliphatic carbocycles. The molecule has 0 unspecified atom stereocenters. The first kappa shape index (κ1) is 18.7. The Morgan fingerprint density at radius 2 is 1.83 bits per heavy atom. The van der Waals surface area contributed by atoms with Gasteiger partial charge >= 0.3 is 0 Å². The second-order valence-corrected chi connectivity index (χ2v) is 6.74. The van der Waals surface area contributed by atoms with Crippen LogP contribution in [0.25, 0.3) is 28.2 Å². The van der Waals surface area contributed by atoms with Crippen LogP contribution in [0.4, 0.5) is 0 Å². The topological polar surface area (TPSA) is 71.4 Å². The first-order valence-electron chi connectivity index (χ1n) is 9.61. The molecular formula is C23H22N6. The molecule has 0 saturated heterocycles. The van der Waals surface area contributed by atoms with Crippen LogP contribution < -0.4 is 5.32 Å². The van der Waals surface area contributed by atoms with E-state index in [-0.39, 0.29) is 0 Å². The van der Waals surface area contributed by atoms with Gasteiger partial charge in [0.25, 0.3) is 0 Å². The molecule has 0 radical (unpaired) electrons. The van der Waals surface area contributed by atoms with Crippen LogP contribution in [0.3, 0.4) is 0 Å². The molecule has 6 heteroatoms. The summed E-state index contributed by atoms with van der Waals surface area (Å²) in [4.78, 5) is 7.80. The van der Waals surface area contributed by atoms with Crippen LogP contribution >= 0.6 is 0 Å². The second kappa shape index (κ2) is 8.55. The molecule has 0 fully saturated rings. The predicted molar refractivity (Wildman–Crippen MR) is 114 cm³/mol. The molecule has 144 valence electrons. The highest BCUT2D eigenvalue weighted by atomic mass is 15.4. The van der Waals surface area contributed by atoms with Gasteiger partial charge in [-0.3, -0.25) is 0 Å². The van der Waals surface area contributed by atoms with Crippen LogP contribution in [-0.4, -0.2) is 31.5 Å². The maximum absolute atomic E-state index is 5.41. The van der Waals surface area contributed by atoms with Crippen molar-refractivity contribution >= 4 is 0 Å². The molecule has 0 bridgehead atoms. The summed E-state index contributed by atoms with van der Waals surface area (Å²) in [6.45, 7) is 3.88. The Hall–Kier alpha value is -3.69. The fourth-order valence-electron chi connectivity index (χ4n) is 3.04. The number of hydrogen-bond acceptors (Lipinski definition) is 4. The van der Waals surface area contributed by atoms with Crippen LogP contribution in [0.5, 0.6) is 0 Å². The lowest BCUT2D eigenvalue weighted by Gasteiger charge is -2.02. The van der Waals surface area contributed by atoms with Gasteiger partial charge in [-0.1, -0.05) is 42.3 Å². The second-order valence-electron chi connectivity index (χ2n) is 6.74. The molecule has 4 aromatic rings. The van der Waals surface area contributed by atoms with E-state index < -0.39 is 0 Å². The van der Waals surface area contributed by atoms with E-state index >= 15 is 0 Å². The summed E-state index contributed by atoms with van der Waals surface area (Å²) < 4.78 is 1.77. The molecule has 2 heterocycles. The van der Waals surface area contributed by atoms with Gasteiger partial charge in [0.05, 0.1) is 30.3 Å². The van der Waals surface area contributed by atoms with Crippen LogP contribution in [0.15, 0.2) is 60.9 Å². The van der Waals surface area contributed by atoms with E-state index in [9.17, 15) is 0 Å². The number of terminal acetylenes is 1. The largest absolute Gasteiger partial charge is 0.341 e. The number of aromatic nitrogens is 5. The maximum atomic E-state index is 5.41. The number of benzene rings is 2. The highest BCUT2D eigenvalue weighted by molar-refractivity contribution is 5.62. The minimum absolute atomic E-state index is 0.746. The SMILES string of the molecule is C#Cc1ccc(-c2cn(-c3ccc(-c4cnc(CNCCC)[nH]4)cc3)nn2)cc1. The molecule has 4 rings (SSSR count). The summed E-state index contributed by atoms with van der Waals surface area (Å²) in [5.74, 6) is 3.56. The molecule has 0 aliphatic rings. The smallest absolute Gasteiger partial charge is 0.120 e. The molecule has 2 N–H and O–H groups in total. The number of imidazole rings is 1. The average molecular weight is 382 g/mol. The van der Waals surface area contributed by atoms with Gasteiger partial charge in [0, 0.05) is 11.1 Å². The molecule has 0 saturated carbocycles. The molecule has 29 heavy (non-hydrogen) atoms. The van der Waals surface area contributed by atoms with Crippen LogP contribution in [0, 0.1) is 12.3 Å². The van der Waals surface area contributed by atoms with Crippen molar-refractivity contribution in [3.8, 4) is 40.5 Å². The van der Waals surface area contributed by atoms with Gasteiger partial charge < -0.3 is 10.3 Å². The lowest BCUT2D eigenvalue weighted by molar-refractivity contribution is 0.655. The highest BCUT2D eigenvalue weighted by Crippen LogP contribution is 2.21. The summed E-state index contributed by atoms with van der Waals surface area (Å²) in [7, 11) is 0. The summed E-state index contributed by atoms with van der Waals surface area (Å²) in [5.41, 5.74) is 5.65. The van der Waals surface area contributed by atoms with Gasteiger partial charge in [-0.15, -0.1) is 11.5 Å². The van der Waals surface area contributed by atoms with E-state index in [4.69, 9.17) is 6.42 Å². The molecule has 2 aromatic carbocycles. The van der Waals surface area contributed by atoms with Gasteiger partial charge in [-0.25, -0.2) is 9.67 Å². The van der Waals surface area contributed by atoms with Crippen molar-refractivity contribution in [2.75, 3.05) is 6.54 Å². The molecule has 2 aromatic heterocycles. The summed E-state index contributed by atoms with van der Waals surface area (Å²) >= 11 is 0. The average Bonchev–Trinajstić information content (AvgIpc) is 3.44. The third-order valence-electron chi connectivity index (χ3n) is 4.63. The fourth-order valence-corrected chi connectivity index (χ4v) is 3.04. The maximum Gasteiger partial charge on any atom is 0.120 e. The van der Waals surface area contributed by atoms with Gasteiger partial charge in [-0.2, -0.15) is 0 Å². The van der Waals surface area contributed by atoms with Gasteiger partial charge in [0.15, 0.2) is 0 Å². The van der Waals surface area contributed by atoms with Crippen LogP contribution in [-0.2, 0) is 6.54 Å². The van der Waals surface area contributed by atoms with E-state index in [0.29, 0.717) is 0 Å². The van der Waals surface area contributed by atoms with Crippen molar-refractivity contribution in [3.63, 3.8) is 0 Å². The lowest BCUT2D eigenvalue weighted by Crippen LogP contribution is -2.14. The van der Waals surface area contributed by atoms with Crippen molar-refractivity contribution in [3.05, 3.63) is 72.3 Å². The van der Waals surface area contributed by atoms with Crippen LogP contribution in [0.1, 0.15) is 24.7 Å². The first-order valence-corrected chi connectivity index (χ1v) is 9.61. The van der Waals surface area contributed by atoms with Crippen LogP contribution in [0.2, 0.25) is 0 Å². The number of nitrogens with zero attached hydrogens (tertiary/aromatic N) is 4. The molecule has 6 nitrogen and oxygen atoms in total. The van der Waals surface area contributed by atoms with Crippen molar-refractivity contribution in [2.45, 2.75) is 19.9 Å². The van der Waals surface area contributed by atoms with Gasteiger partial charge in [0.1, 0.15) is 11.5 Å². The number of H-pyrrole nitrogens is 1. The fraction of sp³-hybridized carbons (Fsp3) is 0.174. The molecule has 0 aliphatic heterocycles. The van der Waals surface area contributed by atoms with Gasteiger partial charge in [0.2, 0.25) is 0 Å². The standard InChI is InChI=1S/C23H22N6/c1-3-13-24-15-23-25-14-21(26-23)18-9-11-20(12-10-18)29-16-22(27-28-29)19-7-5-17(4-2)6-8-19/h2,5-12,14,16,24H,3,13,15H2,1H3,(H,25,26). The summed E-state index contributed by atoms with van der Waals surface area (Å²) in [5, 5.41) is 11.9. The minimum atomic E-state index is 0.746. The van der Waals surface area contributed by atoms with Crippen molar-refractivity contribution in [1.82, 2.24) is 30.3 Å². The van der Waals surface area contributed by atoms with Crippen molar-refractivity contribution in [1.29, 1.82) is 0 Å². The summed E-state index contributed by atoms with van der Waals surface area (Å²) in [6.07, 6.45) is 10.3. The molecular weight excluding hydrogens is 360 g/mol. The Balaban J connectivity index is 1.48. The molecule has 0 atom stereocenters. The Morgan fingerprint density at radius 3 is 2.55 bits per heavy atom. The van der Waals surface area contributed by atoms with Crippen molar-refractivity contribution in [2.24, 2.45) is 0 Å². The predicted octanol–water partition coefficient (Wildman–Crippen LogP) is 3.81. The Morgan fingerprint density at radius 1 is 1.07 bits per heavy atom. The lowest BCUT2D eigenvalue weighted by atomic mass is 10.1. The number of nitrogens with one attached hydrogen (secondary N) is 2. The number of hydrogen-bond donors (Lipinski definition) is 2. The van der Waals surface area contributed by atoms with Gasteiger partial charge in [-0.05, 0) is 42.8 Å². The minimum Gasteiger partial charge on any atom is -0.341 e. The van der Waals surface area contributed by atoms with E-state index in [1.807, 2.05) is 48.8 Å². The number of rotatable bonds is 7. The zero-order valence-corrected chi connectivity index (χ0v) is 16.3. The van der Waals surface area contributed by atoms with E-state index in [0.717, 1.165) is 59.1 Å². The number of aromatic amines is 1. The molecule has 0 spiro atoms. The Kier molecular flexibility index (Phi) is 5.50. The van der Waals surface area contributed by atoms with E-state index in [1.54, 1.807) is 4.68 Å². The van der Waals surface area contributed by atoms with E-state index in [2.05, 4.69) is 50.6 Å². The summed E-state index contributed by atoms with van der Waals surface area (Å²) in [6, 6.07) is 15.9. The normalized spacial score (nSPS) is 10.8. The third-order valence-corrected chi connectivity index (χ3v) is 4.63. The molecule has 0 amide bonds. The third kappa shape index (κ3) is 4.26. The monoisotopic (exact) mass is 382 g/mol. The van der Waals surface area contributed by atoms with E-state index in [1.165, 1.54) is 0 Å².